The number of benzene rings is 3. The third-order valence-corrected chi connectivity index (χ3v) is 10.6. The number of hydrogen-bond donors (Lipinski definition) is 6. The lowest BCUT2D eigenvalue weighted by Crippen LogP contribution is -2.24. The number of nitrogens with one attached hydrogen (secondary N) is 3. The first-order valence-corrected chi connectivity index (χ1v) is 19.2. The number of nitrogens with zero attached hydrogens (tertiary/aromatic N) is 2. The summed E-state index contributed by atoms with van der Waals surface area (Å²) in [6.45, 7) is 8.98. The van der Waals surface area contributed by atoms with E-state index in [-0.39, 0.29) is 34.0 Å². The van der Waals surface area contributed by atoms with Gasteiger partial charge in [0.05, 0.1) is 28.9 Å². The van der Waals surface area contributed by atoms with Crippen molar-refractivity contribution < 1.29 is 48.7 Å². The zero-order valence-electron chi connectivity index (χ0n) is 30.4. The van der Waals surface area contributed by atoms with Crippen LogP contribution in [0, 0.1) is 13.8 Å². The highest BCUT2D eigenvalue weighted by Gasteiger charge is 2.27. The number of carbonyl (C=O) groups is 4. The number of esters is 1. The lowest BCUT2D eigenvalue weighted by molar-refractivity contribution is -0.139. The van der Waals surface area contributed by atoms with E-state index in [1.807, 2.05) is 39.8 Å². The Morgan fingerprint density at radius 1 is 0.870 bits per heavy atom. The topological polar surface area (TPSA) is 219 Å². The van der Waals surface area contributed by atoms with E-state index in [0.717, 1.165) is 52.1 Å². The molecule has 0 saturated heterocycles. The first kappa shape index (κ1) is 41.6. The third-order valence-electron chi connectivity index (χ3n) is 7.39. The fraction of sp³-hybridized carbons (Fsp3) is 0.333. The van der Waals surface area contributed by atoms with E-state index in [1.54, 1.807) is 13.0 Å². The standard InChI is InChI=1S/C36H41N5O10S3/c1-7-9-28(43)38-22-16-26(23(15-24(22)42)39-29(44)17-50-25-11-10-18(3)13-19(25)4)51-27-14-21(33(47)37-12-8-2)32(31(46)30(27)45)53-36-41-40-35(54-36)52-20(5)34(48)49-6/h10-11,13-16,20,42,45-46H,7-9,12,17H2,1-6H3,(H,37,47)(H,38,43)(H,39,44). The number of aromatic hydroxyl groups is 3. The molecule has 1 atom stereocenters. The Bertz CT molecular complexity index is 2020. The minimum Gasteiger partial charge on any atom is -0.506 e. The van der Waals surface area contributed by atoms with Crippen LogP contribution in [0.25, 0.3) is 0 Å². The predicted molar refractivity (Wildman–Crippen MR) is 206 cm³/mol. The average molecular weight is 800 g/mol. The monoisotopic (exact) mass is 799 g/mol. The van der Waals surface area contributed by atoms with Crippen molar-refractivity contribution in [3.8, 4) is 34.5 Å². The summed E-state index contributed by atoms with van der Waals surface area (Å²) in [5.74, 6) is -4.01. The van der Waals surface area contributed by atoms with Crippen molar-refractivity contribution in [3.63, 3.8) is 0 Å². The summed E-state index contributed by atoms with van der Waals surface area (Å²) in [7, 11) is 1.28. The summed E-state index contributed by atoms with van der Waals surface area (Å²) in [6, 6.07) is 9.07. The molecule has 3 aromatic carbocycles. The van der Waals surface area contributed by atoms with Gasteiger partial charge in [-0.3, -0.25) is 19.2 Å². The highest BCUT2D eigenvalue weighted by Crippen LogP contribution is 2.50. The first-order chi connectivity index (χ1) is 25.7. The van der Waals surface area contributed by atoms with Gasteiger partial charge in [-0.05, 0) is 51.3 Å². The van der Waals surface area contributed by atoms with Gasteiger partial charge in [0, 0.05) is 25.1 Å². The lowest BCUT2D eigenvalue weighted by Gasteiger charge is -2.19. The highest BCUT2D eigenvalue weighted by atomic mass is 32.2. The first-order valence-electron chi connectivity index (χ1n) is 16.7. The van der Waals surface area contributed by atoms with E-state index in [0.29, 0.717) is 33.8 Å². The van der Waals surface area contributed by atoms with Gasteiger partial charge >= 0.3 is 5.97 Å². The number of anilines is 2. The molecule has 6 N–H and O–H groups in total. The van der Waals surface area contributed by atoms with Crippen molar-refractivity contribution in [2.75, 3.05) is 30.9 Å². The zero-order valence-corrected chi connectivity index (χ0v) is 32.8. The average Bonchev–Trinajstić information content (AvgIpc) is 3.57. The number of rotatable bonds is 17. The molecular formula is C36H41N5O10S3. The molecule has 1 unspecified atom stereocenters. The Labute approximate surface area is 324 Å². The number of phenolic OH excluding ortho intramolecular Hbond substituents is 3. The fourth-order valence-electron chi connectivity index (χ4n) is 4.74. The van der Waals surface area contributed by atoms with Crippen molar-refractivity contribution in [1.82, 2.24) is 15.5 Å². The second-order valence-electron chi connectivity index (χ2n) is 11.8. The second kappa shape index (κ2) is 19.2. The van der Waals surface area contributed by atoms with Crippen LogP contribution >= 0.6 is 34.9 Å². The van der Waals surface area contributed by atoms with Crippen molar-refractivity contribution in [1.29, 1.82) is 0 Å². The number of phenols is 3. The predicted octanol–water partition coefficient (Wildman–Crippen LogP) is 6.76. The zero-order chi connectivity index (χ0) is 39.5. The van der Waals surface area contributed by atoms with Gasteiger partial charge < -0.3 is 45.5 Å². The molecule has 18 heteroatoms. The normalized spacial score (nSPS) is 11.4. The number of aromatic nitrogens is 2. The largest absolute Gasteiger partial charge is 0.506 e. The van der Waals surface area contributed by atoms with Crippen LogP contribution in [0.15, 0.2) is 50.0 Å². The number of methoxy groups -OCH3 is 1. The Balaban J connectivity index is 1.71. The fourth-order valence-corrected chi connectivity index (χ4v) is 8.02. The molecular weight excluding hydrogens is 759 g/mol. The molecule has 0 aliphatic rings. The van der Waals surface area contributed by atoms with Crippen molar-refractivity contribution in [2.45, 2.75) is 72.7 Å². The molecule has 3 amide bonds. The van der Waals surface area contributed by atoms with Crippen LogP contribution in [0.2, 0.25) is 0 Å². The summed E-state index contributed by atoms with van der Waals surface area (Å²) in [5, 5.41) is 48.9. The number of aryl methyl sites for hydroxylation is 2. The van der Waals surface area contributed by atoms with E-state index in [2.05, 4.69) is 26.1 Å². The summed E-state index contributed by atoms with van der Waals surface area (Å²) >= 11 is 3.08. The Hall–Kier alpha value is -5.20. The molecule has 1 heterocycles. The van der Waals surface area contributed by atoms with Gasteiger partial charge in [-0.2, -0.15) is 0 Å². The molecule has 0 aliphatic heterocycles. The summed E-state index contributed by atoms with van der Waals surface area (Å²) in [5.41, 5.74) is 1.62. The van der Waals surface area contributed by atoms with Gasteiger partial charge in [-0.1, -0.05) is 66.4 Å². The molecule has 0 saturated carbocycles. The molecule has 4 aromatic rings. The Kier molecular flexibility index (Phi) is 14.8. The number of amides is 3. The Morgan fingerprint density at radius 3 is 2.28 bits per heavy atom. The minimum absolute atomic E-state index is 0.0579. The van der Waals surface area contributed by atoms with Crippen LogP contribution in [-0.4, -0.2) is 74.7 Å². The van der Waals surface area contributed by atoms with E-state index < -0.39 is 58.5 Å². The molecule has 54 heavy (non-hydrogen) atoms. The molecule has 0 fully saturated rings. The van der Waals surface area contributed by atoms with Crippen LogP contribution in [0.3, 0.4) is 0 Å². The molecule has 0 spiro atoms. The smallest absolute Gasteiger partial charge is 0.318 e. The summed E-state index contributed by atoms with van der Waals surface area (Å²) in [4.78, 5) is 50.8. The van der Waals surface area contributed by atoms with E-state index in [1.165, 1.54) is 19.2 Å². The van der Waals surface area contributed by atoms with Gasteiger partial charge in [0.2, 0.25) is 11.7 Å². The van der Waals surface area contributed by atoms with Gasteiger partial charge in [0.25, 0.3) is 11.8 Å². The highest BCUT2D eigenvalue weighted by molar-refractivity contribution is 8.04. The number of carbonyl (C=O) groups excluding carboxylic acids is 4. The second-order valence-corrected chi connectivity index (χ2v) is 15.6. The van der Waals surface area contributed by atoms with Crippen LogP contribution in [0.5, 0.6) is 34.5 Å². The minimum atomic E-state index is -0.761. The SMILES string of the molecule is CCCNC(=O)c1cc(Oc2cc(NC(=O)CCC)c(O)cc2NC(=O)COc2ccc(C)cc2C)c(O)c(O)c1Sc1nnc(SC(C)C(=O)OC)s1. The van der Waals surface area contributed by atoms with Crippen molar-refractivity contribution >= 4 is 69.9 Å². The number of hydrogen-bond acceptors (Lipinski definition) is 15. The molecule has 4 rings (SSSR count). The van der Waals surface area contributed by atoms with Crippen molar-refractivity contribution in [3.05, 3.63) is 53.1 Å². The van der Waals surface area contributed by atoms with Crippen LogP contribution in [0.1, 0.15) is 61.5 Å². The molecule has 0 aliphatic carbocycles. The van der Waals surface area contributed by atoms with Crippen LogP contribution in [0.4, 0.5) is 11.4 Å². The molecule has 288 valence electrons. The molecule has 15 nitrogen and oxygen atoms in total. The summed E-state index contributed by atoms with van der Waals surface area (Å²) in [6.07, 6.45) is 1.30. The van der Waals surface area contributed by atoms with Gasteiger partial charge in [0.1, 0.15) is 16.7 Å². The van der Waals surface area contributed by atoms with Crippen LogP contribution in [-0.2, 0) is 19.1 Å². The molecule has 0 radical (unpaired) electrons. The maximum absolute atomic E-state index is 13.5. The molecule has 1 aromatic heterocycles. The quantitative estimate of drug-likeness (QED) is 0.0369. The maximum Gasteiger partial charge on any atom is 0.318 e. The third kappa shape index (κ3) is 10.9. The number of ether oxygens (including phenoxy) is 3. The van der Waals surface area contributed by atoms with Crippen LogP contribution < -0.4 is 25.4 Å². The summed E-state index contributed by atoms with van der Waals surface area (Å²) < 4.78 is 17.2. The maximum atomic E-state index is 13.5. The van der Waals surface area contributed by atoms with E-state index in [9.17, 15) is 34.5 Å². The van der Waals surface area contributed by atoms with Gasteiger partial charge in [0.15, 0.2) is 32.5 Å². The lowest BCUT2D eigenvalue weighted by atomic mass is 10.1. The molecule has 0 bridgehead atoms. The van der Waals surface area contributed by atoms with Gasteiger partial charge in [-0.25, -0.2) is 0 Å². The Morgan fingerprint density at radius 2 is 1.59 bits per heavy atom. The van der Waals surface area contributed by atoms with E-state index in [4.69, 9.17) is 14.2 Å². The van der Waals surface area contributed by atoms with E-state index >= 15 is 0 Å². The number of thioether (sulfide) groups is 1. The van der Waals surface area contributed by atoms with Gasteiger partial charge in [-0.15, -0.1) is 10.2 Å². The van der Waals surface area contributed by atoms with Crippen molar-refractivity contribution in [2.24, 2.45) is 0 Å².